The molecule has 1 amide bonds. The van der Waals surface area contributed by atoms with E-state index in [1.165, 1.54) is 23.9 Å². The molecule has 0 aliphatic carbocycles. The van der Waals surface area contributed by atoms with Gasteiger partial charge in [-0.05, 0) is 18.9 Å². The summed E-state index contributed by atoms with van der Waals surface area (Å²) < 4.78 is 0. The molecule has 0 aromatic heterocycles. The van der Waals surface area contributed by atoms with Crippen molar-refractivity contribution in [1.29, 1.82) is 0 Å². The van der Waals surface area contributed by atoms with Gasteiger partial charge in [0.05, 0.1) is 9.95 Å². The topological polar surface area (TPSA) is 63.4 Å². The van der Waals surface area contributed by atoms with Gasteiger partial charge in [-0.3, -0.25) is 14.9 Å². The van der Waals surface area contributed by atoms with Crippen LogP contribution in [-0.4, -0.2) is 34.6 Å². The Morgan fingerprint density at radius 3 is 2.70 bits per heavy atom. The molecule has 0 radical (unpaired) electrons. The summed E-state index contributed by atoms with van der Waals surface area (Å²) in [5, 5.41) is 11.0. The summed E-state index contributed by atoms with van der Waals surface area (Å²) in [7, 11) is 0. The first-order valence-electron chi connectivity index (χ1n) is 6.42. The zero-order valence-electron chi connectivity index (χ0n) is 10.9. The fourth-order valence-electron chi connectivity index (χ4n) is 2.09. The summed E-state index contributed by atoms with van der Waals surface area (Å²) in [6.45, 7) is 1.73. The molecule has 20 heavy (non-hydrogen) atoms. The summed E-state index contributed by atoms with van der Waals surface area (Å²) in [5.74, 6) is 0.806. The van der Waals surface area contributed by atoms with Crippen LogP contribution in [0.2, 0.25) is 5.02 Å². The second-order valence-corrected chi connectivity index (χ2v) is 6.10. The van der Waals surface area contributed by atoms with Gasteiger partial charge in [-0.1, -0.05) is 11.6 Å². The minimum absolute atomic E-state index is 0.0208. The highest BCUT2D eigenvalue weighted by molar-refractivity contribution is 7.99. The molecule has 1 aromatic rings. The lowest BCUT2D eigenvalue weighted by atomic mass is 10.3. The fraction of sp³-hybridized carbons (Fsp3) is 0.462. The molecule has 1 aliphatic rings. The van der Waals surface area contributed by atoms with Crippen molar-refractivity contribution in [3.8, 4) is 0 Å². The number of carbonyl (C=O) groups excluding carboxylic acids is 1. The maximum Gasteiger partial charge on any atom is 0.270 e. The minimum Gasteiger partial charge on any atom is -0.343 e. The number of benzene rings is 1. The van der Waals surface area contributed by atoms with Crippen LogP contribution < -0.4 is 0 Å². The van der Waals surface area contributed by atoms with Crippen LogP contribution in [0.1, 0.15) is 19.3 Å². The van der Waals surface area contributed by atoms with E-state index in [-0.39, 0.29) is 11.6 Å². The van der Waals surface area contributed by atoms with Crippen molar-refractivity contribution >= 4 is 35.0 Å². The van der Waals surface area contributed by atoms with Crippen molar-refractivity contribution in [2.24, 2.45) is 0 Å². The molecule has 2 rings (SSSR count). The number of nitro benzene ring substituents is 1. The second-order valence-electron chi connectivity index (χ2n) is 4.56. The maximum absolute atomic E-state index is 11.9. The van der Waals surface area contributed by atoms with Gasteiger partial charge < -0.3 is 4.90 Å². The molecule has 0 unspecified atom stereocenters. The molecule has 1 aliphatic heterocycles. The van der Waals surface area contributed by atoms with E-state index in [1.807, 2.05) is 4.90 Å². The Morgan fingerprint density at radius 2 is 2.10 bits per heavy atom. The Hall–Kier alpha value is -1.27. The van der Waals surface area contributed by atoms with E-state index in [2.05, 4.69) is 0 Å². The molecular weight excluding hydrogens is 300 g/mol. The summed E-state index contributed by atoms with van der Waals surface area (Å²) >= 11 is 7.45. The van der Waals surface area contributed by atoms with Crippen LogP contribution in [0.5, 0.6) is 0 Å². The molecule has 0 bridgehead atoms. The first-order valence-corrected chi connectivity index (χ1v) is 7.79. The maximum atomic E-state index is 11.9. The van der Waals surface area contributed by atoms with Crippen LogP contribution in [0.3, 0.4) is 0 Å². The highest BCUT2D eigenvalue weighted by Gasteiger charge is 2.17. The Morgan fingerprint density at radius 1 is 1.40 bits per heavy atom. The molecule has 1 aromatic carbocycles. The van der Waals surface area contributed by atoms with Crippen molar-refractivity contribution < 1.29 is 9.72 Å². The lowest BCUT2D eigenvalue weighted by Crippen LogP contribution is -2.27. The normalized spacial score (nSPS) is 14.6. The van der Waals surface area contributed by atoms with Gasteiger partial charge in [-0.2, -0.15) is 0 Å². The highest BCUT2D eigenvalue weighted by atomic mass is 35.5. The lowest BCUT2D eigenvalue weighted by molar-refractivity contribution is -0.384. The zero-order chi connectivity index (χ0) is 14.5. The van der Waals surface area contributed by atoms with Crippen molar-refractivity contribution in [3.63, 3.8) is 0 Å². The second kappa shape index (κ2) is 6.95. The molecule has 1 fully saturated rings. The molecule has 1 saturated heterocycles. The van der Waals surface area contributed by atoms with Crippen molar-refractivity contribution in [2.75, 3.05) is 18.8 Å². The summed E-state index contributed by atoms with van der Waals surface area (Å²) in [4.78, 5) is 24.6. The molecule has 0 saturated carbocycles. The Labute approximate surface area is 126 Å². The van der Waals surface area contributed by atoms with Gasteiger partial charge in [0.25, 0.3) is 5.69 Å². The van der Waals surface area contributed by atoms with Crippen LogP contribution in [0.15, 0.2) is 23.1 Å². The third kappa shape index (κ3) is 3.86. The van der Waals surface area contributed by atoms with Crippen molar-refractivity contribution in [3.05, 3.63) is 33.3 Å². The molecule has 0 spiro atoms. The number of nitrogens with zero attached hydrogens (tertiary/aromatic N) is 2. The fourth-order valence-corrected chi connectivity index (χ4v) is 3.29. The Bertz CT molecular complexity index is 518. The van der Waals surface area contributed by atoms with E-state index < -0.39 is 4.92 Å². The molecule has 0 atom stereocenters. The predicted molar refractivity (Wildman–Crippen MR) is 79.3 cm³/mol. The number of non-ortho nitro benzene ring substituents is 1. The molecule has 7 heteroatoms. The number of nitro groups is 1. The van der Waals surface area contributed by atoms with E-state index in [0.29, 0.717) is 17.2 Å². The number of hydrogen-bond acceptors (Lipinski definition) is 4. The van der Waals surface area contributed by atoms with Crippen LogP contribution in [0, 0.1) is 10.1 Å². The van der Waals surface area contributed by atoms with Gasteiger partial charge in [0.15, 0.2) is 0 Å². The van der Waals surface area contributed by atoms with E-state index in [0.717, 1.165) is 30.8 Å². The number of carbonyl (C=O) groups is 1. The number of amides is 1. The standard InChI is InChI=1S/C13H15ClN2O3S/c14-11-9-10(16(18)19)3-4-12(11)20-8-5-13(17)15-6-1-2-7-15/h3-4,9H,1-2,5-8H2. The average Bonchev–Trinajstić information content (AvgIpc) is 2.94. The zero-order valence-corrected chi connectivity index (χ0v) is 12.5. The van der Waals surface area contributed by atoms with Crippen LogP contribution in [-0.2, 0) is 4.79 Å². The lowest BCUT2D eigenvalue weighted by Gasteiger charge is -2.14. The number of likely N-dealkylation sites (tertiary alicyclic amines) is 1. The summed E-state index contributed by atoms with van der Waals surface area (Å²) in [6.07, 6.45) is 2.65. The minimum atomic E-state index is -0.475. The van der Waals surface area contributed by atoms with E-state index in [1.54, 1.807) is 6.07 Å². The molecule has 108 valence electrons. The smallest absolute Gasteiger partial charge is 0.270 e. The van der Waals surface area contributed by atoms with Gasteiger partial charge in [0.1, 0.15) is 0 Å². The van der Waals surface area contributed by atoms with E-state index >= 15 is 0 Å². The predicted octanol–water partition coefficient (Wildman–Crippen LogP) is 3.35. The van der Waals surface area contributed by atoms with Crippen LogP contribution in [0.25, 0.3) is 0 Å². The van der Waals surface area contributed by atoms with Crippen molar-refractivity contribution in [2.45, 2.75) is 24.2 Å². The Kier molecular flexibility index (Phi) is 5.25. The van der Waals surface area contributed by atoms with Gasteiger partial charge in [0.2, 0.25) is 5.91 Å². The summed E-state index contributed by atoms with van der Waals surface area (Å²) in [6, 6.07) is 4.40. The van der Waals surface area contributed by atoms with Gasteiger partial charge in [-0.15, -0.1) is 11.8 Å². The summed E-state index contributed by atoms with van der Waals surface area (Å²) in [5.41, 5.74) is -0.0208. The first kappa shape index (κ1) is 15.1. The number of rotatable bonds is 5. The molecule has 5 nitrogen and oxygen atoms in total. The average molecular weight is 315 g/mol. The van der Waals surface area contributed by atoms with Crippen molar-refractivity contribution in [1.82, 2.24) is 4.90 Å². The quantitative estimate of drug-likeness (QED) is 0.475. The van der Waals surface area contributed by atoms with Crippen LogP contribution >= 0.6 is 23.4 Å². The number of halogens is 1. The van der Waals surface area contributed by atoms with Gasteiger partial charge in [0, 0.05) is 42.3 Å². The van der Waals surface area contributed by atoms with E-state index in [9.17, 15) is 14.9 Å². The van der Waals surface area contributed by atoms with Gasteiger partial charge in [-0.25, -0.2) is 0 Å². The van der Waals surface area contributed by atoms with Crippen LogP contribution in [0.4, 0.5) is 5.69 Å². The van der Waals surface area contributed by atoms with E-state index in [4.69, 9.17) is 11.6 Å². The molecule has 1 heterocycles. The number of hydrogen-bond donors (Lipinski definition) is 0. The molecule has 0 N–H and O–H groups in total. The molecular formula is C13H15ClN2O3S. The first-order chi connectivity index (χ1) is 9.58. The monoisotopic (exact) mass is 314 g/mol. The number of thioether (sulfide) groups is 1. The van der Waals surface area contributed by atoms with Gasteiger partial charge >= 0.3 is 0 Å². The largest absolute Gasteiger partial charge is 0.343 e. The highest BCUT2D eigenvalue weighted by Crippen LogP contribution is 2.30. The SMILES string of the molecule is O=C(CCSc1ccc([N+](=O)[O-])cc1Cl)N1CCCC1. The third-order valence-electron chi connectivity index (χ3n) is 3.16. The third-order valence-corrected chi connectivity index (χ3v) is 4.66. The Balaban J connectivity index is 1.84.